The van der Waals surface area contributed by atoms with E-state index in [1.807, 2.05) is 0 Å². The SMILES string of the molecule is CC1(C)CCC(COc2ccc(F)cc2CO)O1. The summed E-state index contributed by atoms with van der Waals surface area (Å²) in [6.45, 7) is 4.32. The fourth-order valence-electron chi connectivity index (χ4n) is 2.19. The van der Waals surface area contributed by atoms with Crippen molar-refractivity contribution < 1.29 is 19.0 Å². The highest BCUT2D eigenvalue weighted by atomic mass is 19.1. The van der Waals surface area contributed by atoms with Crippen molar-refractivity contribution in [3.63, 3.8) is 0 Å². The zero-order valence-corrected chi connectivity index (χ0v) is 10.8. The van der Waals surface area contributed by atoms with E-state index in [1.165, 1.54) is 12.1 Å². The third kappa shape index (κ3) is 3.21. The van der Waals surface area contributed by atoms with Crippen molar-refractivity contribution in [1.29, 1.82) is 0 Å². The number of ether oxygens (including phenoxy) is 2. The first-order chi connectivity index (χ1) is 8.50. The molecule has 1 saturated heterocycles. The number of hydrogen-bond donors (Lipinski definition) is 1. The highest BCUT2D eigenvalue weighted by Crippen LogP contribution is 2.30. The van der Waals surface area contributed by atoms with Crippen LogP contribution in [0.25, 0.3) is 0 Å². The normalized spacial score (nSPS) is 22.1. The smallest absolute Gasteiger partial charge is 0.125 e. The van der Waals surface area contributed by atoms with Crippen LogP contribution in [0.5, 0.6) is 5.75 Å². The molecular weight excluding hydrogens is 235 g/mol. The van der Waals surface area contributed by atoms with E-state index in [0.717, 1.165) is 12.8 Å². The maximum Gasteiger partial charge on any atom is 0.125 e. The van der Waals surface area contributed by atoms with Gasteiger partial charge in [0.05, 0.1) is 18.3 Å². The lowest BCUT2D eigenvalue weighted by Crippen LogP contribution is -2.24. The van der Waals surface area contributed by atoms with Gasteiger partial charge >= 0.3 is 0 Å². The summed E-state index contributed by atoms with van der Waals surface area (Å²) in [7, 11) is 0. The molecular formula is C14H19FO3. The monoisotopic (exact) mass is 254 g/mol. The zero-order chi connectivity index (χ0) is 13.2. The van der Waals surface area contributed by atoms with E-state index in [-0.39, 0.29) is 24.1 Å². The molecule has 100 valence electrons. The van der Waals surface area contributed by atoms with E-state index in [1.54, 1.807) is 6.07 Å². The molecule has 1 aromatic rings. The largest absolute Gasteiger partial charge is 0.491 e. The average Bonchev–Trinajstić information content (AvgIpc) is 2.67. The van der Waals surface area contributed by atoms with E-state index < -0.39 is 0 Å². The molecule has 0 spiro atoms. The Balaban J connectivity index is 1.94. The minimum absolute atomic E-state index is 0.0663. The van der Waals surface area contributed by atoms with E-state index in [2.05, 4.69) is 13.8 Å². The summed E-state index contributed by atoms with van der Waals surface area (Å²) >= 11 is 0. The van der Waals surface area contributed by atoms with Crippen LogP contribution < -0.4 is 4.74 Å². The average molecular weight is 254 g/mol. The summed E-state index contributed by atoms with van der Waals surface area (Å²) in [5, 5.41) is 9.14. The third-order valence-corrected chi connectivity index (χ3v) is 3.17. The molecule has 18 heavy (non-hydrogen) atoms. The molecule has 1 fully saturated rings. The molecule has 0 aliphatic carbocycles. The highest BCUT2D eigenvalue weighted by Gasteiger charge is 2.31. The van der Waals surface area contributed by atoms with Gasteiger partial charge in [-0.2, -0.15) is 0 Å². The molecule has 0 amide bonds. The summed E-state index contributed by atoms with van der Waals surface area (Å²) in [4.78, 5) is 0. The third-order valence-electron chi connectivity index (χ3n) is 3.17. The maximum atomic E-state index is 13.0. The molecule has 1 aliphatic heterocycles. The predicted octanol–water partition coefficient (Wildman–Crippen LogP) is 2.65. The van der Waals surface area contributed by atoms with E-state index >= 15 is 0 Å². The molecule has 2 rings (SSSR count). The van der Waals surface area contributed by atoms with Gasteiger partial charge in [-0.3, -0.25) is 0 Å². The number of aliphatic hydroxyl groups is 1. The van der Waals surface area contributed by atoms with Crippen LogP contribution in [0.1, 0.15) is 32.3 Å². The van der Waals surface area contributed by atoms with Gasteiger partial charge in [-0.05, 0) is 44.9 Å². The van der Waals surface area contributed by atoms with Gasteiger partial charge in [-0.1, -0.05) is 0 Å². The molecule has 0 aromatic heterocycles. The molecule has 1 aliphatic rings. The number of aliphatic hydroxyl groups excluding tert-OH is 1. The first-order valence-electron chi connectivity index (χ1n) is 6.20. The second-order valence-corrected chi connectivity index (χ2v) is 5.26. The summed E-state index contributed by atoms with van der Waals surface area (Å²) in [6.07, 6.45) is 2.04. The van der Waals surface area contributed by atoms with Gasteiger partial charge < -0.3 is 14.6 Å². The Kier molecular flexibility index (Phi) is 3.88. The summed E-state index contributed by atoms with van der Waals surface area (Å²) in [5.74, 6) is 0.150. The highest BCUT2D eigenvalue weighted by molar-refractivity contribution is 5.33. The quantitative estimate of drug-likeness (QED) is 0.897. The summed E-state index contributed by atoms with van der Waals surface area (Å²) in [5.41, 5.74) is 0.378. The van der Waals surface area contributed by atoms with Crippen molar-refractivity contribution in [2.24, 2.45) is 0 Å². The lowest BCUT2D eigenvalue weighted by Gasteiger charge is -2.20. The Morgan fingerprint density at radius 2 is 2.28 bits per heavy atom. The van der Waals surface area contributed by atoms with Gasteiger partial charge in [0.2, 0.25) is 0 Å². The lowest BCUT2D eigenvalue weighted by atomic mass is 10.1. The van der Waals surface area contributed by atoms with Gasteiger partial charge in [0, 0.05) is 5.56 Å². The van der Waals surface area contributed by atoms with Crippen LogP contribution in [0.4, 0.5) is 4.39 Å². The maximum absolute atomic E-state index is 13.0. The van der Waals surface area contributed by atoms with Gasteiger partial charge in [-0.25, -0.2) is 4.39 Å². The Labute approximate surface area is 107 Å². The summed E-state index contributed by atoms with van der Waals surface area (Å²) in [6, 6.07) is 4.16. The molecule has 1 aromatic carbocycles. The predicted molar refractivity (Wildman–Crippen MR) is 66.0 cm³/mol. The number of rotatable bonds is 4. The molecule has 0 saturated carbocycles. The molecule has 4 heteroatoms. The lowest BCUT2D eigenvalue weighted by molar-refractivity contribution is -0.0328. The topological polar surface area (TPSA) is 38.7 Å². The van der Waals surface area contributed by atoms with Crippen LogP contribution in [-0.4, -0.2) is 23.4 Å². The van der Waals surface area contributed by atoms with Crippen molar-refractivity contribution >= 4 is 0 Å². The molecule has 0 bridgehead atoms. The second kappa shape index (κ2) is 5.24. The van der Waals surface area contributed by atoms with Crippen LogP contribution in [0.2, 0.25) is 0 Å². The van der Waals surface area contributed by atoms with Crippen molar-refractivity contribution in [2.75, 3.05) is 6.61 Å². The standard InChI is InChI=1S/C14H19FO3/c1-14(2)6-5-12(18-14)9-17-13-4-3-11(15)7-10(13)8-16/h3-4,7,12,16H,5-6,8-9H2,1-2H3. The van der Waals surface area contributed by atoms with Crippen molar-refractivity contribution in [1.82, 2.24) is 0 Å². The fraction of sp³-hybridized carbons (Fsp3) is 0.571. The van der Waals surface area contributed by atoms with Crippen molar-refractivity contribution in [3.05, 3.63) is 29.6 Å². The first-order valence-corrected chi connectivity index (χ1v) is 6.20. The minimum Gasteiger partial charge on any atom is -0.491 e. The zero-order valence-electron chi connectivity index (χ0n) is 10.8. The van der Waals surface area contributed by atoms with Gasteiger partial charge in [0.1, 0.15) is 18.2 Å². The molecule has 1 atom stereocenters. The van der Waals surface area contributed by atoms with Gasteiger partial charge in [0.25, 0.3) is 0 Å². The Morgan fingerprint density at radius 3 is 2.89 bits per heavy atom. The molecule has 3 nitrogen and oxygen atoms in total. The van der Waals surface area contributed by atoms with Gasteiger partial charge in [0.15, 0.2) is 0 Å². The van der Waals surface area contributed by atoms with Crippen LogP contribution in [0, 0.1) is 5.82 Å². The van der Waals surface area contributed by atoms with E-state index in [4.69, 9.17) is 14.6 Å². The van der Waals surface area contributed by atoms with Crippen molar-refractivity contribution in [3.8, 4) is 5.75 Å². The molecule has 1 heterocycles. The van der Waals surface area contributed by atoms with E-state index in [9.17, 15) is 4.39 Å². The Bertz CT molecular complexity index is 418. The van der Waals surface area contributed by atoms with Crippen molar-refractivity contribution in [2.45, 2.75) is 45.0 Å². The second-order valence-electron chi connectivity index (χ2n) is 5.26. The van der Waals surface area contributed by atoms with Crippen LogP contribution in [0.3, 0.4) is 0 Å². The number of hydrogen-bond acceptors (Lipinski definition) is 3. The number of benzene rings is 1. The summed E-state index contributed by atoms with van der Waals surface area (Å²) < 4.78 is 24.4. The van der Waals surface area contributed by atoms with Crippen LogP contribution >= 0.6 is 0 Å². The van der Waals surface area contributed by atoms with Crippen LogP contribution in [0.15, 0.2) is 18.2 Å². The minimum atomic E-state index is -0.371. The Hall–Kier alpha value is -1.13. The molecule has 1 N–H and O–H groups in total. The van der Waals surface area contributed by atoms with E-state index in [0.29, 0.717) is 17.9 Å². The van der Waals surface area contributed by atoms with Crippen LogP contribution in [-0.2, 0) is 11.3 Å². The first kappa shape index (κ1) is 13.3. The fourth-order valence-corrected chi connectivity index (χ4v) is 2.19. The molecule has 0 radical (unpaired) electrons. The Morgan fingerprint density at radius 1 is 1.50 bits per heavy atom. The number of halogens is 1. The molecule has 1 unspecified atom stereocenters. The van der Waals surface area contributed by atoms with Gasteiger partial charge in [-0.15, -0.1) is 0 Å².